The van der Waals surface area contributed by atoms with Crippen molar-refractivity contribution in [2.75, 3.05) is 26.2 Å². The second-order valence-corrected chi connectivity index (χ2v) is 8.98. The van der Waals surface area contributed by atoms with Gasteiger partial charge in [-0.1, -0.05) is 42.5 Å². The van der Waals surface area contributed by atoms with Crippen molar-refractivity contribution in [3.05, 3.63) is 102 Å². The summed E-state index contributed by atoms with van der Waals surface area (Å²) < 4.78 is 26.4. The molecule has 8 nitrogen and oxygen atoms in total. The maximum Gasteiger partial charge on any atom is 0.256 e. The molecule has 1 amide bonds. The number of carbonyl (C=O) groups excluding carboxylic acids is 1. The number of nitrogens with zero attached hydrogens (tertiary/aromatic N) is 5. The second-order valence-electron chi connectivity index (χ2n) is 8.98. The van der Waals surface area contributed by atoms with Crippen molar-refractivity contribution in [3.8, 4) is 11.5 Å². The van der Waals surface area contributed by atoms with E-state index in [1.165, 1.54) is 12.1 Å². The molecule has 1 saturated heterocycles. The molecule has 1 aliphatic heterocycles. The fourth-order valence-electron chi connectivity index (χ4n) is 4.74. The first-order valence-electron chi connectivity index (χ1n) is 12.1. The van der Waals surface area contributed by atoms with E-state index in [2.05, 4.69) is 20.1 Å². The number of oxazole rings is 1. The molecule has 0 bridgehead atoms. The van der Waals surface area contributed by atoms with Crippen molar-refractivity contribution in [1.82, 2.24) is 25.0 Å². The number of aromatic nitrogens is 3. The van der Waals surface area contributed by atoms with Crippen molar-refractivity contribution in [3.63, 3.8) is 0 Å². The number of hydrogen-bond donors (Lipinski definition) is 0. The van der Waals surface area contributed by atoms with E-state index in [0.717, 1.165) is 5.56 Å². The third-order valence-corrected chi connectivity index (χ3v) is 6.60. The van der Waals surface area contributed by atoms with Crippen molar-refractivity contribution in [2.45, 2.75) is 13.0 Å². The van der Waals surface area contributed by atoms with Gasteiger partial charge in [0, 0.05) is 38.7 Å². The minimum atomic E-state index is -0.573. The van der Waals surface area contributed by atoms with E-state index in [1.807, 2.05) is 54.6 Å². The minimum Gasteiger partial charge on any atom is -0.436 e. The molecule has 5 aromatic rings. The highest BCUT2D eigenvalue weighted by atomic mass is 19.1. The molecule has 6 rings (SSSR count). The Balaban J connectivity index is 1.21. The molecular formula is C28H24FN5O3. The number of hydrogen-bond acceptors (Lipinski definition) is 7. The van der Waals surface area contributed by atoms with Gasteiger partial charge in [-0.3, -0.25) is 9.69 Å². The van der Waals surface area contributed by atoms with Crippen LogP contribution in [0.5, 0.6) is 0 Å². The lowest BCUT2D eigenvalue weighted by molar-refractivity contribution is 0.0573. The molecule has 1 fully saturated rings. The molecule has 1 aliphatic rings. The molecule has 0 radical (unpaired) electrons. The Kier molecular flexibility index (Phi) is 5.97. The van der Waals surface area contributed by atoms with Gasteiger partial charge in [0.05, 0.1) is 5.56 Å². The van der Waals surface area contributed by atoms with E-state index >= 15 is 0 Å². The third-order valence-electron chi connectivity index (χ3n) is 6.60. The number of piperazine rings is 1. The van der Waals surface area contributed by atoms with Crippen molar-refractivity contribution < 1.29 is 18.0 Å². The number of aryl methyl sites for hydroxylation is 1. The number of benzene rings is 3. The number of fused-ring (bicyclic) bond motifs is 1. The summed E-state index contributed by atoms with van der Waals surface area (Å²) in [6.45, 7) is 3.76. The number of rotatable bonds is 5. The molecule has 1 unspecified atom stereocenters. The average molecular weight is 498 g/mol. The van der Waals surface area contributed by atoms with Crippen LogP contribution in [0.2, 0.25) is 0 Å². The predicted octanol–water partition coefficient (Wildman–Crippen LogP) is 4.87. The highest BCUT2D eigenvalue weighted by molar-refractivity contribution is 5.95. The third kappa shape index (κ3) is 4.49. The number of carbonyl (C=O) groups is 1. The van der Waals surface area contributed by atoms with Gasteiger partial charge in [0.1, 0.15) is 17.4 Å². The maximum atomic E-state index is 14.8. The van der Waals surface area contributed by atoms with E-state index in [-0.39, 0.29) is 17.5 Å². The van der Waals surface area contributed by atoms with Gasteiger partial charge >= 0.3 is 0 Å². The summed E-state index contributed by atoms with van der Waals surface area (Å²) in [7, 11) is 0. The smallest absolute Gasteiger partial charge is 0.256 e. The number of amides is 1. The van der Waals surface area contributed by atoms with Gasteiger partial charge in [0.25, 0.3) is 5.91 Å². The number of para-hydroxylation sites is 2. The van der Waals surface area contributed by atoms with E-state index in [4.69, 9.17) is 8.83 Å². The zero-order valence-electron chi connectivity index (χ0n) is 20.2. The summed E-state index contributed by atoms with van der Waals surface area (Å²) in [5, 5.41) is 8.27. The van der Waals surface area contributed by atoms with E-state index in [9.17, 15) is 9.18 Å². The average Bonchev–Trinajstić information content (AvgIpc) is 3.56. The quantitative estimate of drug-likeness (QED) is 0.342. The predicted molar refractivity (Wildman–Crippen MR) is 134 cm³/mol. The van der Waals surface area contributed by atoms with Crippen LogP contribution in [-0.2, 0) is 0 Å². The van der Waals surface area contributed by atoms with Gasteiger partial charge in [-0.05, 0) is 35.9 Å². The molecule has 3 aromatic carbocycles. The highest BCUT2D eigenvalue weighted by Gasteiger charge is 2.32. The maximum absolute atomic E-state index is 14.8. The fraction of sp³-hybridized carbons (Fsp3) is 0.214. The lowest BCUT2D eigenvalue weighted by atomic mass is 10.0. The lowest BCUT2D eigenvalue weighted by Crippen LogP contribution is -2.50. The normalized spacial score (nSPS) is 15.2. The van der Waals surface area contributed by atoms with Gasteiger partial charge in [0.2, 0.25) is 17.7 Å². The van der Waals surface area contributed by atoms with Gasteiger partial charge in [0.15, 0.2) is 5.58 Å². The zero-order valence-corrected chi connectivity index (χ0v) is 20.2. The van der Waals surface area contributed by atoms with Crippen LogP contribution in [0.3, 0.4) is 0 Å². The first-order valence-corrected chi connectivity index (χ1v) is 12.1. The lowest BCUT2D eigenvalue weighted by Gasteiger charge is -2.38. The van der Waals surface area contributed by atoms with Crippen LogP contribution in [0, 0.1) is 12.7 Å². The van der Waals surface area contributed by atoms with Gasteiger partial charge in [-0.15, -0.1) is 10.2 Å². The van der Waals surface area contributed by atoms with Crippen LogP contribution in [0.15, 0.2) is 81.6 Å². The Morgan fingerprint density at radius 2 is 1.68 bits per heavy atom. The molecule has 3 heterocycles. The van der Waals surface area contributed by atoms with E-state index in [1.54, 1.807) is 17.9 Å². The Hall–Kier alpha value is -4.37. The summed E-state index contributed by atoms with van der Waals surface area (Å²) in [5.41, 5.74) is 2.92. The van der Waals surface area contributed by atoms with Crippen molar-refractivity contribution >= 4 is 17.0 Å². The summed E-state index contributed by atoms with van der Waals surface area (Å²) in [5.74, 6) is 0.427. The molecule has 37 heavy (non-hydrogen) atoms. The first-order chi connectivity index (χ1) is 18.1. The monoisotopic (exact) mass is 497 g/mol. The Morgan fingerprint density at radius 3 is 2.41 bits per heavy atom. The van der Waals surface area contributed by atoms with Crippen LogP contribution in [0.1, 0.15) is 33.7 Å². The molecular weight excluding hydrogens is 473 g/mol. The standard InChI is InChI=1S/C28H24FN5O3/c1-18-31-32-27(36-18)25(19-7-3-2-4-8-19)33-13-15-34(16-14-33)28(35)21-17-20(11-12-22(21)29)26-30-23-9-5-6-10-24(23)37-26/h2-12,17,25H,13-16H2,1H3. The molecule has 9 heteroatoms. The van der Waals surface area contributed by atoms with Crippen LogP contribution >= 0.6 is 0 Å². The molecule has 0 aliphatic carbocycles. The van der Waals surface area contributed by atoms with Gasteiger partial charge in [-0.25, -0.2) is 9.37 Å². The summed E-state index contributed by atoms with van der Waals surface area (Å²) in [4.78, 5) is 21.7. The minimum absolute atomic E-state index is 0.000316. The van der Waals surface area contributed by atoms with Gasteiger partial charge in [-0.2, -0.15) is 0 Å². The molecule has 1 atom stereocenters. The van der Waals surface area contributed by atoms with Crippen LogP contribution in [0.25, 0.3) is 22.6 Å². The number of halogens is 1. The Bertz CT molecular complexity index is 1520. The Labute approximate surface area is 212 Å². The molecule has 0 saturated carbocycles. The highest BCUT2D eigenvalue weighted by Crippen LogP contribution is 2.30. The molecule has 0 N–H and O–H groups in total. The molecule has 2 aromatic heterocycles. The second kappa shape index (κ2) is 9.59. The largest absolute Gasteiger partial charge is 0.436 e. The fourth-order valence-corrected chi connectivity index (χ4v) is 4.74. The van der Waals surface area contributed by atoms with Crippen molar-refractivity contribution in [2.24, 2.45) is 0 Å². The van der Waals surface area contributed by atoms with Crippen LogP contribution in [0.4, 0.5) is 4.39 Å². The van der Waals surface area contributed by atoms with Crippen LogP contribution in [-0.4, -0.2) is 57.1 Å². The van der Waals surface area contributed by atoms with Crippen LogP contribution < -0.4 is 0 Å². The topological polar surface area (TPSA) is 88.5 Å². The van der Waals surface area contributed by atoms with Gasteiger partial charge < -0.3 is 13.7 Å². The molecule has 0 spiro atoms. The summed E-state index contributed by atoms with van der Waals surface area (Å²) >= 11 is 0. The summed E-state index contributed by atoms with van der Waals surface area (Å²) in [6, 6.07) is 21.5. The van der Waals surface area contributed by atoms with Crippen molar-refractivity contribution in [1.29, 1.82) is 0 Å². The first kappa shape index (κ1) is 23.1. The van der Waals surface area contributed by atoms with E-state index < -0.39 is 5.82 Å². The zero-order chi connectivity index (χ0) is 25.4. The Morgan fingerprint density at radius 1 is 0.919 bits per heavy atom. The van der Waals surface area contributed by atoms with E-state index in [0.29, 0.717) is 60.5 Å². The SMILES string of the molecule is Cc1nnc(C(c2ccccc2)N2CCN(C(=O)c3cc(-c4nc5ccccc5o4)ccc3F)CC2)o1. The summed E-state index contributed by atoms with van der Waals surface area (Å²) in [6.07, 6.45) is 0. The molecule has 186 valence electrons.